The molecule has 0 radical (unpaired) electrons. The molecule has 1 saturated carbocycles. The van der Waals surface area contributed by atoms with E-state index < -0.39 is 5.97 Å². The average Bonchev–Trinajstić information content (AvgIpc) is 3.21. The maximum Gasteiger partial charge on any atom is 0.357 e. The van der Waals surface area contributed by atoms with Crippen LogP contribution in [0.2, 0.25) is 0 Å². The van der Waals surface area contributed by atoms with Crippen LogP contribution in [-0.2, 0) is 9.53 Å². The molecule has 1 spiro atoms. The van der Waals surface area contributed by atoms with Gasteiger partial charge in [-0.25, -0.2) is 4.79 Å². The highest BCUT2D eigenvalue weighted by atomic mass is 16.5. The number of aromatic carboxylic acids is 1. The highest BCUT2D eigenvalue weighted by Gasteiger charge is 2.55. The number of carbonyl (C=O) groups excluding carboxylic acids is 1. The lowest BCUT2D eigenvalue weighted by atomic mass is 9.88. The summed E-state index contributed by atoms with van der Waals surface area (Å²) in [6, 6.07) is 14.4. The molecule has 3 aliphatic rings. The van der Waals surface area contributed by atoms with E-state index in [-0.39, 0.29) is 17.7 Å². The van der Waals surface area contributed by atoms with E-state index in [1.54, 1.807) is 0 Å². The van der Waals surface area contributed by atoms with E-state index in [2.05, 4.69) is 34.5 Å². The summed E-state index contributed by atoms with van der Waals surface area (Å²) in [5.74, 6) is -0.271. The normalized spacial score (nSPS) is 23.8. The van der Waals surface area contributed by atoms with E-state index in [4.69, 9.17) is 4.74 Å². The lowest BCUT2D eigenvalue weighted by molar-refractivity contribution is -0.142. The fraction of sp³-hybridized carbons (Fsp3) is 0.423. The molecule has 3 aromatic rings. The molecule has 0 unspecified atom stereocenters. The fourth-order valence-electron chi connectivity index (χ4n) is 5.79. The monoisotopic (exact) mass is 445 g/mol. The first-order valence-electron chi connectivity index (χ1n) is 11.8. The summed E-state index contributed by atoms with van der Waals surface area (Å²) in [7, 11) is 0. The highest BCUT2D eigenvalue weighted by molar-refractivity contribution is 6.01. The molecule has 7 heteroatoms. The van der Waals surface area contributed by atoms with Crippen molar-refractivity contribution in [2.45, 2.75) is 44.1 Å². The fourth-order valence-corrected chi connectivity index (χ4v) is 5.79. The van der Waals surface area contributed by atoms with Crippen LogP contribution in [0.4, 0.5) is 0 Å². The van der Waals surface area contributed by atoms with E-state index >= 15 is 0 Å². The Bertz CT molecular complexity index is 1220. The number of amides is 1. The third-order valence-corrected chi connectivity index (χ3v) is 7.88. The average molecular weight is 446 g/mol. The van der Waals surface area contributed by atoms with Gasteiger partial charge in [-0.05, 0) is 72.3 Å². The second-order valence-corrected chi connectivity index (χ2v) is 9.71. The van der Waals surface area contributed by atoms with E-state index in [9.17, 15) is 14.7 Å². The Labute approximate surface area is 191 Å². The number of rotatable bonds is 4. The number of likely N-dealkylation sites (tertiary alicyclic amines) is 1. The molecule has 2 atom stereocenters. The molecule has 2 aromatic carbocycles. The van der Waals surface area contributed by atoms with Crippen LogP contribution >= 0.6 is 0 Å². The zero-order chi connectivity index (χ0) is 22.6. The van der Waals surface area contributed by atoms with Gasteiger partial charge in [-0.1, -0.05) is 30.3 Å². The van der Waals surface area contributed by atoms with E-state index in [1.165, 1.54) is 12.0 Å². The van der Waals surface area contributed by atoms with Crippen LogP contribution in [0.5, 0.6) is 0 Å². The van der Waals surface area contributed by atoms with Crippen LogP contribution < -0.4 is 0 Å². The van der Waals surface area contributed by atoms with Gasteiger partial charge in [0.1, 0.15) is 6.10 Å². The van der Waals surface area contributed by atoms with Crippen LogP contribution in [0, 0.1) is 5.41 Å². The predicted molar refractivity (Wildman–Crippen MR) is 123 cm³/mol. The van der Waals surface area contributed by atoms with Gasteiger partial charge in [0.05, 0.1) is 5.52 Å². The Balaban J connectivity index is 1.12. The van der Waals surface area contributed by atoms with Gasteiger partial charge < -0.3 is 14.7 Å². The Morgan fingerprint density at radius 1 is 1.09 bits per heavy atom. The van der Waals surface area contributed by atoms with Crippen molar-refractivity contribution in [3.63, 3.8) is 0 Å². The summed E-state index contributed by atoms with van der Waals surface area (Å²) in [4.78, 5) is 25.9. The molecule has 33 heavy (non-hydrogen) atoms. The summed E-state index contributed by atoms with van der Waals surface area (Å²) in [5.41, 5.74) is 4.61. The number of piperidine rings is 1. The van der Waals surface area contributed by atoms with E-state index in [1.807, 2.05) is 23.1 Å². The number of carboxylic acid groups (broad SMARTS) is 1. The number of carboxylic acids is 1. The quantitative estimate of drug-likeness (QED) is 0.627. The number of nitrogens with zero attached hydrogens (tertiary/aromatic N) is 2. The molecular formula is C26H27N3O4. The molecular weight excluding hydrogens is 418 g/mol. The number of H-pyrrole nitrogens is 1. The van der Waals surface area contributed by atoms with Crippen molar-refractivity contribution in [3.05, 3.63) is 53.7 Å². The predicted octanol–water partition coefficient (Wildman–Crippen LogP) is 4.20. The first-order valence-corrected chi connectivity index (χ1v) is 11.8. The molecule has 2 N–H and O–H groups in total. The lowest BCUT2D eigenvalue weighted by Crippen LogP contribution is -2.44. The molecule has 1 aliphatic carbocycles. The van der Waals surface area contributed by atoms with Gasteiger partial charge >= 0.3 is 5.97 Å². The van der Waals surface area contributed by atoms with Crippen molar-refractivity contribution in [2.75, 3.05) is 19.7 Å². The number of fused-ring (bicyclic) bond motifs is 1. The third kappa shape index (κ3) is 3.51. The van der Waals surface area contributed by atoms with Crippen molar-refractivity contribution < 1.29 is 19.4 Å². The summed E-state index contributed by atoms with van der Waals surface area (Å²) in [6.45, 7) is 2.40. The van der Waals surface area contributed by atoms with Crippen LogP contribution in [-0.4, -0.2) is 57.9 Å². The largest absolute Gasteiger partial charge is 0.476 e. The smallest absolute Gasteiger partial charge is 0.357 e. The number of hydrogen-bond donors (Lipinski definition) is 2. The summed E-state index contributed by atoms with van der Waals surface area (Å²) >= 11 is 0. The van der Waals surface area contributed by atoms with E-state index in [0.29, 0.717) is 23.3 Å². The number of ether oxygens (including phenoxy) is 1. The molecule has 7 nitrogen and oxygen atoms in total. The molecule has 0 bridgehead atoms. The highest BCUT2D eigenvalue weighted by Crippen LogP contribution is 2.65. The van der Waals surface area contributed by atoms with Crippen molar-refractivity contribution in [2.24, 2.45) is 5.41 Å². The van der Waals surface area contributed by atoms with Gasteiger partial charge in [0.2, 0.25) is 0 Å². The number of aromatic nitrogens is 2. The van der Waals surface area contributed by atoms with Gasteiger partial charge in [0.25, 0.3) is 5.91 Å². The summed E-state index contributed by atoms with van der Waals surface area (Å²) in [5, 5.41) is 16.6. The van der Waals surface area contributed by atoms with Crippen LogP contribution in [0.25, 0.3) is 22.0 Å². The molecule has 1 amide bonds. The topological polar surface area (TPSA) is 95.5 Å². The SMILES string of the molecule is O=C(O)c1n[nH]c2cc(-c3ccc([C@@H]4CC45CCN(C(=O)[C@H]4CCCO4)CC5)cc3)ccc12. The minimum atomic E-state index is -1.03. The van der Waals surface area contributed by atoms with Gasteiger partial charge in [-0.2, -0.15) is 5.10 Å². The maximum absolute atomic E-state index is 12.6. The zero-order valence-corrected chi connectivity index (χ0v) is 18.4. The van der Waals surface area contributed by atoms with Crippen LogP contribution in [0.3, 0.4) is 0 Å². The molecule has 3 fully saturated rings. The molecule has 2 saturated heterocycles. The Kier molecular flexibility index (Phi) is 4.76. The standard InChI is InChI=1S/C26H27N3O4/c30-24(22-2-1-13-33-22)29-11-9-26(10-12-29)15-20(26)17-5-3-16(4-6-17)18-7-8-19-21(14-18)27-28-23(19)25(31)32/h3-8,14,20,22H,1-2,9-13,15H2,(H,27,28)(H,31,32)/t20-,22+/m0/s1. The van der Waals surface area contributed by atoms with Crippen molar-refractivity contribution in [3.8, 4) is 11.1 Å². The molecule has 6 rings (SSSR count). The lowest BCUT2D eigenvalue weighted by Gasteiger charge is -2.34. The van der Waals surface area contributed by atoms with Gasteiger partial charge in [-0.15, -0.1) is 0 Å². The molecule has 170 valence electrons. The molecule has 3 heterocycles. The maximum atomic E-state index is 12.6. The number of benzene rings is 2. The van der Waals surface area contributed by atoms with Gasteiger partial charge in [0.15, 0.2) is 5.69 Å². The minimum Gasteiger partial charge on any atom is -0.476 e. The third-order valence-electron chi connectivity index (χ3n) is 7.88. The van der Waals surface area contributed by atoms with Gasteiger partial charge in [0, 0.05) is 25.1 Å². The number of nitrogens with one attached hydrogen (secondary N) is 1. The first-order chi connectivity index (χ1) is 16.0. The summed E-state index contributed by atoms with van der Waals surface area (Å²) in [6.07, 6.45) is 4.99. The Morgan fingerprint density at radius 2 is 1.85 bits per heavy atom. The van der Waals surface area contributed by atoms with Crippen molar-refractivity contribution >= 4 is 22.8 Å². The Morgan fingerprint density at radius 3 is 2.55 bits per heavy atom. The van der Waals surface area contributed by atoms with Crippen molar-refractivity contribution in [1.29, 1.82) is 0 Å². The second kappa shape index (κ2) is 7.70. The number of hydrogen-bond acceptors (Lipinski definition) is 4. The van der Waals surface area contributed by atoms with E-state index in [0.717, 1.165) is 55.4 Å². The van der Waals surface area contributed by atoms with Crippen molar-refractivity contribution in [1.82, 2.24) is 15.1 Å². The number of aromatic amines is 1. The van der Waals surface area contributed by atoms with Crippen LogP contribution in [0.1, 0.15) is 54.1 Å². The zero-order valence-electron chi connectivity index (χ0n) is 18.4. The summed E-state index contributed by atoms with van der Waals surface area (Å²) < 4.78 is 5.59. The Hall–Kier alpha value is -3.19. The number of carbonyl (C=O) groups is 2. The first kappa shape index (κ1) is 20.4. The van der Waals surface area contributed by atoms with Gasteiger partial charge in [-0.3, -0.25) is 9.89 Å². The molecule has 1 aromatic heterocycles. The minimum absolute atomic E-state index is 0.0504. The van der Waals surface area contributed by atoms with Crippen LogP contribution in [0.15, 0.2) is 42.5 Å². The second-order valence-electron chi connectivity index (χ2n) is 9.71. The molecule has 2 aliphatic heterocycles.